The van der Waals surface area contributed by atoms with E-state index in [-0.39, 0.29) is 11.8 Å². The minimum Gasteiger partial charge on any atom is -0.349 e. The van der Waals surface area contributed by atoms with Crippen molar-refractivity contribution in [1.82, 2.24) is 9.80 Å². The van der Waals surface area contributed by atoms with Gasteiger partial charge in [-0.05, 0) is 60.9 Å². The number of aryl methyl sites for hydroxylation is 1. The normalized spacial score (nSPS) is 14.2. The van der Waals surface area contributed by atoms with E-state index in [9.17, 15) is 9.59 Å². The van der Waals surface area contributed by atoms with Gasteiger partial charge in [0.15, 0.2) is 0 Å². The maximum absolute atomic E-state index is 12.7. The molecular formula is C25H29N3O2. The summed E-state index contributed by atoms with van der Waals surface area (Å²) in [7, 11) is 3.57. The largest absolute Gasteiger partial charge is 0.349 e. The van der Waals surface area contributed by atoms with Gasteiger partial charge >= 0.3 is 0 Å². The minimum absolute atomic E-state index is 0.0159. The van der Waals surface area contributed by atoms with Crippen LogP contribution in [0.5, 0.6) is 0 Å². The molecule has 2 amide bonds. The molecule has 1 aliphatic heterocycles. The lowest BCUT2D eigenvalue weighted by Gasteiger charge is -2.32. The second kappa shape index (κ2) is 10.1. The molecule has 3 rings (SSSR count). The lowest BCUT2D eigenvalue weighted by Crippen LogP contribution is -2.38. The number of piperidine rings is 1. The first-order valence-corrected chi connectivity index (χ1v) is 10.5. The van der Waals surface area contributed by atoms with E-state index < -0.39 is 0 Å². The van der Waals surface area contributed by atoms with E-state index in [4.69, 9.17) is 5.26 Å². The molecule has 0 aromatic heterocycles. The van der Waals surface area contributed by atoms with Gasteiger partial charge in [0.05, 0.1) is 11.6 Å². The Bertz CT molecular complexity index is 920. The van der Waals surface area contributed by atoms with Crippen molar-refractivity contribution in [2.75, 3.05) is 27.2 Å². The first kappa shape index (κ1) is 21.6. The minimum atomic E-state index is 0.0159. The fraction of sp³-hybridized carbons (Fsp3) is 0.400. The van der Waals surface area contributed by atoms with Crippen molar-refractivity contribution in [2.24, 2.45) is 5.92 Å². The van der Waals surface area contributed by atoms with Gasteiger partial charge in [-0.1, -0.05) is 30.3 Å². The number of carbonyl (C=O) groups excluding carboxylic acids is 2. The fourth-order valence-electron chi connectivity index (χ4n) is 3.89. The fourth-order valence-corrected chi connectivity index (χ4v) is 3.89. The van der Waals surface area contributed by atoms with E-state index in [1.807, 2.05) is 4.90 Å². The second-order valence-electron chi connectivity index (χ2n) is 8.24. The van der Waals surface area contributed by atoms with E-state index in [0.717, 1.165) is 38.8 Å². The highest BCUT2D eigenvalue weighted by Gasteiger charge is 2.24. The molecule has 2 aromatic rings. The Kier molecular flexibility index (Phi) is 7.24. The van der Waals surface area contributed by atoms with Gasteiger partial charge in [-0.25, -0.2) is 0 Å². The van der Waals surface area contributed by atoms with E-state index in [1.165, 1.54) is 11.1 Å². The summed E-state index contributed by atoms with van der Waals surface area (Å²) in [6, 6.07) is 17.6. The van der Waals surface area contributed by atoms with Gasteiger partial charge < -0.3 is 9.80 Å². The number of carbonyl (C=O) groups is 2. The number of rotatable bonds is 6. The highest BCUT2D eigenvalue weighted by Crippen LogP contribution is 2.23. The first-order chi connectivity index (χ1) is 14.5. The van der Waals surface area contributed by atoms with Crippen LogP contribution in [-0.2, 0) is 17.6 Å². The highest BCUT2D eigenvalue weighted by molar-refractivity contribution is 5.94. The summed E-state index contributed by atoms with van der Waals surface area (Å²) in [5.41, 5.74) is 3.61. The summed E-state index contributed by atoms with van der Waals surface area (Å²) in [5, 5.41) is 9.03. The molecule has 0 atom stereocenters. The zero-order valence-electron chi connectivity index (χ0n) is 17.8. The Hall–Kier alpha value is -3.13. The van der Waals surface area contributed by atoms with Gasteiger partial charge in [-0.3, -0.25) is 9.59 Å². The van der Waals surface area contributed by atoms with Crippen LogP contribution in [0.25, 0.3) is 0 Å². The molecule has 5 nitrogen and oxygen atoms in total. The lowest BCUT2D eigenvalue weighted by atomic mass is 9.89. The lowest BCUT2D eigenvalue weighted by molar-refractivity contribution is -0.128. The summed E-state index contributed by atoms with van der Waals surface area (Å²) in [4.78, 5) is 28.0. The summed E-state index contributed by atoms with van der Waals surface area (Å²) >= 11 is 0. The molecule has 2 aromatic carbocycles. The molecule has 0 N–H and O–H groups in total. The maximum Gasteiger partial charge on any atom is 0.253 e. The molecule has 0 saturated carbocycles. The molecule has 1 fully saturated rings. The molecule has 156 valence electrons. The quantitative estimate of drug-likeness (QED) is 0.739. The average Bonchev–Trinajstić information content (AvgIpc) is 2.78. The molecular weight excluding hydrogens is 374 g/mol. The van der Waals surface area contributed by atoms with Crippen LogP contribution in [0.2, 0.25) is 0 Å². The van der Waals surface area contributed by atoms with Gasteiger partial charge in [0.1, 0.15) is 0 Å². The molecule has 1 aliphatic rings. The van der Waals surface area contributed by atoms with Crippen LogP contribution in [0.3, 0.4) is 0 Å². The summed E-state index contributed by atoms with van der Waals surface area (Å²) in [6.07, 6.45) is 4.30. The molecule has 30 heavy (non-hydrogen) atoms. The average molecular weight is 404 g/mol. The molecule has 0 unspecified atom stereocenters. The van der Waals surface area contributed by atoms with Crippen molar-refractivity contribution in [2.45, 2.75) is 32.1 Å². The maximum atomic E-state index is 12.7. The van der Waals surface area contributed by atoms with Crippen LogP contribution >= 0.6 is 0 Å². The van der Waals surface area contributed by atoms with Crippen molar-refractivity contribution >= 4 is 11.8 Å². The predicted octanol–water partition coefficient (Wildman–Crippen LogP) is 3.67. The Morgan fingerprint density at radius 2 is 1.73 bits per heavy atom. The number of benzene rings is 2. The van der Waals surface area contributed by atoms with Crippen LogP contribution in [0.1, 0.15) is 46.3 Å². The van der Waals surface area contributed by atoms with Gasteiger partial charge in [-0.2, -0.15) is 5.26 Å². The monoisotopic (exact) mass is 403 g/mol. The number of amides is 2. The van der Waals surface area contributed by atoms with Crippen LogP contribution in [0, 0.1) is 17.2 Å². The summed E-state index contributed by atoms with van der Waals surface area (Å²) < 4.78 is 0. The van der Waals surface area contributed by atoms with E-state index in [1.54, 1.807) is 43.3 Å². The van der Waals surface area contributed by atoms with Crippen LogP contribution in [-0.4, -0.2) is 48.8 Å². The Morgan fingerprint density at radius 3 is 2.37 bits per heavy atom. The first-order valence-electron chi connectivity index (χ1n) is 10.5. The van der Waals surface area contributed by atoms with Crippen molar-refractivity contribution in [3.8, 4) is 6.07 Å². The van der Waals surface area contributed by atoms with Crippen LogP contribution in [0.4, 0.5) is 0 Å². The Morgan fingerprint density at radius 1 is 1.07 bits per heavy atom. The molecule has 0 radical (unpaired) electrons. The number of likely N-dealkylation sites (tertiary alicyclic amines) is 1. The van der Waals surface area contributed by atoms with Crippen molar-refractivity contribution in [3.05, 3.63) is 70.8 Å². The molecule has 1 heterocycles. The Labute approximate surface area is 178 Å². The number of hydrogen-bond donors (Lipinski definition) is 0. The van der Waals surface area contributed by atoms with Gasteiger partial charge in [-0.15, -0.1) is 0 Å². The van der Waals surface area contributed by atoms with Crippen molar-refractivity contribution in [1.29, 1.82) is 5.26 Å². The van der Waals surface area contributed by atoms with E-state index >= 15 is 0 Å². The third-order valence-electron chi connectivity index (χ3n) is 5.81. The molecule has 5 heteroatoms. The number of nitrogens with zero attached hydrogens (tertiary/aromatic N) is 3. The smallest absolute Gasteiger partial charge is 0.253 e. The van der Waals surface area contributed by atoms with Gasteiger partial charge in [0.25, 0.3) is 5.91 Å². The third kappa shape index (κ3) is 5.70. The molecule has 0 aliphatic carbocycles. The summed E-state index contributed by atoms with van der Waals surface area (Å²) in [5.74, 6) is 0.738. The van der Waals surface area contributed by atoms with Gasteiger partial charge in [0.2, 0.25) is 5.91 Å². The van der Waals surface area contributed by atoms with Crippen molar-refractivity contribution in [3.63, 3.8) is 0 Å². The number of nitriles is 1. The highest BCUT2D eigenvalue weighted by atomic mass is 16.2. The van der Waals surface area contributed by atoms with Crippen molar-refractivity contribution < 1.29 is 9.59 Å². The SMILES string of the molecule is CN(C)C(=O)CCc1ccc(CC2CCN(C(=O)c3cccc(C#N)c3)CC2)cc1. The third-order valence-corrected chi connectivity index (χ3v) is 5.81. The second-order valence-corrected chi connectivity index (χ2v) is 8.24. The molecule has 0 bridgehead atoms. The van der Waals surface area contributed by atoms with Crippen LogP contribution in [0.15, 0.2) is 48.5 Å². The zero-order chi connectivity index (χ0) is 21.5. The van der Waals surface area contributed by atoms with E-state index in [2.05, 4.69) is 30.3 Å². The van der Waals surface area contributed by atoms with E-state index in [0.29, 0.717) is 23.5 Å². The predicted molar refractivity (Wildman–Crippen MR) is 117 cm³/mol. The summed E-state index contributed by atoms with van der Waals surface area (Å²) in [6.45, 7) is 1.51. The number of hydrogen-bond acceptors (Lipinski definition) is 3. The Balaban J connectivity index is 1.48. The van der Waals surface area contributed by atoms with Crippen LogP contribution < -0.4 is 0 Å². The molecule has 0 spiro atoms. The zero-order valence-corrected chi connectivity index (χ0v) is 17.8. The standard InChI is InChI=1S/C25H29N3O2/c1-27(2)24(29)11-10-19-6-8-20(9-7-19)16-21-12-14-28(15-13-21)25(30)23-5-3-4-22(17-23)18-26/h3-9,17,21H,10-16H2,1-2H3. The topological polar surface area (TPSA) is 64.4 Å². The van der Waals surface area contributed by atoms with Gasteiger partial charge in [0, 0.05) is 39.2 Å². The molecule has 1 saturated heterocycles.